The van der Waals surface area contributed by atoms with Gasteiger partial charge in [-0.05, 0) is 35.2 Å². The fourth-order valence-electron chi connectivity index (χ4n) is 4.38. The fraction of sp³-hybridized carbons (Fsp3) is 0.435. The van der Waals surface area contributed by atoms with E-state index in [1.165, 1.54) is 0 Å². The predicted molar refractivity (Wildman–Crippen MR) is 115 cm³/mol. The molecule has 1 unspecified atom stereocenters. The number of aliphatic hydroxyl groups excluding tert-OH is 4. The van der Waals surface area contributed by atoms with Crippen LogP contribution in [-0.4, -0.2) is 63.0 Å². The normalized spacial score (nSPS) is 32.1. The van der Waals surface area contributed by atoms with Gasteiger partial charge in [-0.15, -0.1) is 0 Å². The Morgan fingerprint density at radius 2 is 1.88 bits per heavy atom. The van der Waals surface area contributed by atoms with Crippen molar-refractivity contribution in [2.24, 2.45) is 5.73 Å². The van der Waals surface area contributed by atoms with Gasteiger partial charge < -0.3 is 35.6 Å². The zero-order valence-electron chi connectivity index (χ0n) is 17.2. The van der Waals surface area contributed by atoms with E-state index in [9.17, 15) is 25.2 Å². The van der Waals surface area contributed by atoms with E-state index < -0.39 is 48.6 Å². The molecule has 0 saturated carbocycles. The van der Waals surface area contributed by atoms with Crippen molar-refractivity contribution in [2.75, 3.05) is 6.61 Å². The number of aryl methyl sites for hydroxylation is 1. The lowest BCUT2D eigenvalue weighted by atomic mass is 9.84. The van der Waals surface area contributed by atoms with Gasteiger partial charge in [-0.2, -0.15) is 0 Å². The molecule has 2 aromatic carbocycles. The maximum Gasteiger partial charge on any atom is 0.261 e. The fourth-order valence-corrected chi connectivity index (χ4v) is 4.57. The molecule has 32 heavy (non-hydrogen) atoms. The minimum absolute atomic E-state index is 0.0980. The van der Waals surface area contributed by atoms with Gasteiger partial charge >= 0.3 is 0 Å². The first kappa shape index (κ1) is 23.0. The molecule has 2 heterocycles. The number of primary amides is 1. The van der Waals surface area contributed by atoms with E-state index in [0.717, 1.165) is 5.56 Å². The Morgan fingerprint density at radius 3 is 2.59 bits per heavy atom. The summed E-state index contributed by atoms with van der Waals surface area (Å²) in [5, 5.41) is 40.4. The Balaban J connectivity index is 1.65. The monoisotopic (exact) mass is 463 g/mol. The molecular weight excluding hydrogens is 438 g/mol. The Hall–Kier alpha value is -2.20. The summed E-state index contributed by atoms with van der Waals surface area (Å²) in [6, 6.07) is 12.3. The third-order valence-electron chi connectivity index (χ3n) is 6.29. The number of amides is 1. The number of para-hydroxylation sites is 1. The number of aliphatic hydroxyl groups is 4. The Kier molecular flexibility index (Phi) is 6.44. The molecule has 2 aliphatic heterocycles. The first-order chi connectivity index (χ1) is 15.3. The molecule has 0 radical (unpaired) electrons. The topological polar surface area (TPSA) is 142 Å². The molecule has 6 N–H and O–H groups in total. The number of halogens is 1. The maximum absolute atomic E-state index is 12.5. The van der Waals surface area contributed by atoms with Gasteiger partial charge in [0.05, 0.1) is 6.61 Å². The third kappa shape index (κ3) is 4.10. The van der Waals surface area contributed by atoms with Crippen LogP contribution in [0.5, 0.6) is 5.75 Å². The summed E-state index contributed by atoms with van der Waals surface area (Å²) in [4.78, 5) is 12.5. The highest BCUT2D eigenvalue weighted by Gasteiger charge is 2.45. The van der Waals surface area contributed by atoms with Crippen molar-refractivity contribution in [3.05, 3.63) is 64.2 Å². The zero-order valence-corrected chi connectivity index (χ0v) is 18.0. The second-order valence-corrected chi connectivity index (χ2v) is 8.75. The summed E-state index contributed by atoms with van der Waals surface area (Å²) >= 11 is 6.43. The van der Waals surface area contributed by atoms with Crippen molar-refractivity contribution >= 4 is 17.5 Å². The average Bonchev–Trinajstić information content (AvgIpc) is 2.79. The number of ether oxygens (including phenoxy) is 2. The van der Waals surface area contributed by atoms with Gasteiger partial charge in [0.15, 0.2) is 5.60 Å². The molecule has 0 spiro atoms. The van der Waals surface area contributed by atoms with E-state index in [1.807, 2.05) is 18.2 Å². The summed E-state index contributed by atoms with van der Waals surface area (Å²) < 4.78 is 11.7. The molecule has 8 nitrogen and oxygen atoms in total. The molecule has 2 aliphatic rings. The number of carbonyl (C=O) groups excluding carboxylic acids is 1. The number of carbonyl (C=O) groups is 1. The van der Waals surface area contributed by atoms with E-state index in [-0.39, 0.29) is 6.42 Å². The van der Waals surface area contributed by atoms with Crippen LogP contribution < -0.4 is 10.5 Å². The van der Waals surface area contributed by atoms with Crippen LogP contribution >= 0.6 is 11.6 Å². The highest BCUT2D eigenvalue weighted by molar-refractivity contribution is 6.31. The Morgan fingerprint density at radius 1 is 1.12 bits per heavy atom. The van der Waals surface area contributed by atoms with Crippen molar-refractivity contribution in [3.63, 3.8) is 0 Å². The van der Waals surface area contributed by atoms with E-state index >= 15 is 0 Å². The quantitative estimate of drug-likeness (QED) is 0.438. The van der Waals surface area contributed by atoms with Gasteiger partial charge in [-0.1, -0.05) is 41.9 Å². The van der Waals surface area contributed by atoms with Gasteiger partial charge in [0.1, 0.15) is 36.3 Å². The highest BCUT2D eigenvalue weighted by atomic mass is 35.5. The molecule has 172 valence electrons. The van der Waals surface area contributed by atoms with E-state index in [1.54, 1.807) is 24.3 Å². The van der Waals surface area contributed by atoms with Crippen molar-refractivity contribution in [3.8, 4) is 5.75 Å². The summed E-state index contributed by atoms with van der Waals surface area (Å²) in [6.45, 7) is -0.528. The smallest absolute Gasteiger partial charge is 0.261 e. The van der Waals surface area contributed by atoms with Crippen molar-refractivity contribution < 1.29 is 34.7 Å². The molecule has 0 aliphatic carbocycles. The second-order valence-electron chi connectivity index (χ2n) is 8.35. The van der Waals surface area contributed by atoms with Gasteiger partial charge in [-0.25, -0.2) is 0 Å². The van der Waals surface area contributed by atoms with Crippen LogP contribution in [0.4, 0.5) is 0 Å². The summed E-state index contributed by atoms with van der Waals surface area (Å²) in [5.41, 5.74) is 6.49. The van der Waals surface area contributed by atoms with Crippen molar-refractivity contribution in [1.29, 1.82) is 0 Å². The zero-order chi connectivity index (χ0) is 23.0. The first-order valence-corrected chi connectivity index (χ1v) is 10.8. The summed E-state index contributed by atoms with van der Waals surface area (Å²) in [6.07, 6.45) is -5.34. The average molecular weight is 464 g/mol. The van der Waals surface area contributed by atoms with Crippen LogP contribution in [0.25, 0.3) is 0 Å². The number of hydrogen-bond donors (Lipinski definition) is 5. The van der Waals surface area contributed by atoms with E-state index in [2.05, 4.69) is 0 Å². The van der Waals surface area contributed by atoms with Gasteiger partial charge in [0.2, 0.25) is 0 Å². The standard InChI is InChI=1S/C23H26ClNO7/c24-15-6-5-13(21-20(29)19(28)18(27)17(11-26)31-21)9-14(15)10-23(22(25)30)8-7-12-3-1-2-4-16(12)32-23/h1-6,9,17-21,26-29H,7-8,10-11H2,(H2,25,30)/t17-,18-,19+,20-,21+,23?/m1/s1. The summed E-state index contributed by atoms with van der Waals surface area (Å²) in [7, 11) is 0. The minimum atomic E-state index is -1.50. The Labute approximate surface area is 190 Å². The molecule has 9 heteroatoms. The third-order valence-corrected chi connectivity index (χ3v) is 6.66. The first-order valence-electron chi connectivity index (χ1n) is 10.4. The number of hydrogen-bond acceptors (Lipinski definition) is 7. The number of rotatable bonds is 5. The molecule has 1 fully saturated rings. The van der Waals surface area contributed by atoms with Crippen LogP contribution in [0.1, 0.15) is 29.2 Å². The van der Waals surface area contributed by atoms with Crippen LogP contribution in [0.2, 0.25) is 5.02 Å². The lowest BCUT2D eigenvalue weighted by Gasteiger charge is -2.40. The Bertz CT molecular complexity index is 1000. The molecule has 2 aromatic rings. The number of fused-ring (bicyclic) bond motifs is 1. The van der Waals surface area contributed by atoms with Crippen LogP contribution in [-0.2, 0) is 22.4 Å². The summed E-state index contributed by atoms with van der Waals surface area (Å²) in [5.74, 6) is -0.0138. The van der Waals surface area contributed by atoms with E-state index in [4.69, 9.17) is 26.8 Å². The second kappa shape index (κ2) is 8.97. The highest BCUT2D eigenvalue weighted by Crippen LogP contribution is 2.38. The van der Waals surface area contributed by atoms with Crippen LogP contribution in [0.3, 0.4) is 0 Å². The number of nitrogens with two attached hydrogens (primary N) is 1. The van der Waals surface area contributed by atoms with Crippen molar-refractivity contribution in [1.82, 2.24) is 0 Å². The molecule has 4 rings (SSSR count). The SMILES string of the molecule is NC(=O)C1(Cc2cc([C@@H]3O[C@H](CO)[C@@H](O)[C@H](O)[C@H]3O)ccc2Cl)CCc2ccccc2O1. The van der Waals surface area contributed by atoms with Gasteiger partial charge in [0.25, 0.3) is 5.91 Å². The maximum atomic E-state index is 12.5. The number of benzene rings is 2. The molecule has 6 atom stereocenters. The minimum Gasteiger partial charge on any atom is -0.477 e. The predicted octanol–water partition coefficient (Wildman–Crippen LogP) is 0.647. The van der Waals surface area contributed by atoms with Crippen molar-refractivity contribution in [2.45, 2.75) is 55.4 Å². The lowest BCUT2D eigenvalue weighted by molar-refractivity contribution is -0.231. The lowest BCUT2D eigenvalue weighted by Crippen LogP contribution is -2.55. The van der Waals surface area contributed by atoms with Gasteiger partial charge in [0, 0.05) is 17.9 Å². The molecular formula is C23H26ClNO7. The molecule has 0 aromatic heterocycles. The van der Waals surface area contributed by atoms with Crippen LogP contribution in [0, 0.1) is 0 Å². The van der Waals surface area contributed by atoms with Crippen LogP contribution in [0.15, 0.2) is 42.5 Å². The molecule has 1 amide bonds. The molecule has 0 bridgehead atoms. The molecule has 1 saturated heterocycles. The largest absolute Gasteiger partial charge is 0.477 e. The van der Waals surface area contributed by atoms with Gasteiger partial charge in [-0.3, -0.25) is 4.79 Å². The van der Waals surface area contributed by atoms with E-state index in [0.29, 0.717) is 34.7 Å².